The van der Waals surface area contributed by atoms with Gasteiger partial charge in [0.25, 0.3) is 0 Å². The van der Waals surface area contributed by atoms with Gasteiger partial charge in [-0.05, 0) is 50.3 Å². The molecule has 27 heavy (non-hydrogen) atoms. The van der Waals surface area contributed by atoms with E-state index in [2.05, 4.69) is 66.4 Å². The van der Waals surface area contributed by atoms with Gasteiger partial charge in [-0.25, -0.2) is 0 Å². The predicted molar refractivity (Wildman–Crippen MR) is 112 cm³/mol. The summed E-state index contributed by atoms with van der Waals surface area (Å²) in [6.45, 7) is 11.7. The van der Waals surface area contributed by atoms with Gasteiger partial charge >= 0.3 is 0 Å². The Hall–Kier alpha value is -2.37. The van der Waals surface area contributed by atoms with Crippen molar-refractivity contribution in [2.24, 2.45) is 18.0 Å². The molecule has 0 aliphatic rings. The summed E-state index contributed by atoms with van der Waals surface area (Å²) < 4.78 is 1.95. The lowest BCUT2D eigenvalue weighted by atomic mass is 9.89. The van der Waals surface area contributed by atoms with Gasteiger partial charge in [0, 0.05) is 50.7 Å². The van der Waals surface area contributed by atoms with E-state index in [-0.39, 0.29) is 6.04 Å². The molecule has 0 bridgehead atoms. The van der Waals surface area contributed by atoms with Gasteiger partial charge in [0.05, 0.1) is 5.69 Å². The summed E-state index contributed by atoms with van der Waals surface area (Å²) in [4.78, 5) is 8.67. The topological polar surface area (TPSA) is 67.1 Å². The lowest BCUT2D eigenvalue weighted by molar-refractivity contribution is 0.485. The van der Waals surface area contributed by atoms with Crippen LogP contribution in [0.3, 0.4) is 0 Å². The molecular weight excluding hydrogens is 336 g/mol. The molecule has 6 nitrogen and oxygen atoms in total. The molecule has 2 aromatic rings. The number of aliphatic imine (C=N–C) groups is 1. The molecule has 2 N–H and O–H groups in total. The first-order valence-corrected chi connectivity index (χ1v) is 9.69. The molecule has 0 fully saturated rings. The fourth-order valence-corrected chi connectivity index (χ4v) is 3.44. The Morgan fingerprint density at radius 2 is 2.00 bits per heavy atom. The van der Waals surface area contributed by atoms with Gasteiger partial charge in [-0.1, -0.05) is 19.9 Å². The summed E-state index contributed by atoms with van der Waals surface area (Å²) in [5, 5.41) is 11.5. The van der Waals surface area contributed by atoms with E-state index in [1.807, 2.05) is 37.2 Å². The third-order valence-electron chi connectivity index (χ3n) is 5.18. The van der Waals surface area contributed by atoms with Crippen molar-refractivity contribution < 1.29 is 0 Å². The van der Waals surface area contributed by atoms with E-state index in [9.17, 15) is 0 Å². The second-order valence-electron chi connectivity index (χ2n) is 7.61. The van der Waals surface area contributed by atoms with Crippen molar-refractivity contribution in [2.75, 3.05) is 13.6 Å². The molecule has 2 aromatic heterocycles. The highest BCUT2D eigenvalue weighted by molar-refractivity contribution is 5.80. The van der Waals surface area contributed by atoms with Crippen LogP contribution in [-0.4, -0.2) is 40.4 Å². The molecule has 2 unspecified atom stereocenters. The number of hydrogen-bond donors (Lipinski definition) is 2. The van der Waals surface area contributed by atoms with Gasteiger partial charge < -0.3 is 10.6 Å². The Morgan fingerprint density at radius 1 is 1.26 bits per heavy atom. The number of pyridine rings is 1. The van der Waals surface area contributed by atoms with E-state index in [1.54, 1.807) is 0 Å². The maximum atomic E-state index is 4.51. The maximum Gasteiger partial charge on any atom is 0.191 e. The summed E-state index contributed by atoms with van der Waals surface area (Å²) >= 11 is 0. The average Bonchev–Trinajstić information content (AvgIpc) is 2.87. The van der Waals surface area contributed by atoms with Crippen LogP contribution in [0.1, 0.15) is 49.2 Å². The lowest BCUT2D eigenvalue weighted by Crippen LogP contribution is -2.44. The summed E-state index contributed by atoms with van der Waals surface area (Å²) in [5.74, 6) is 1.73. The maximum absolute atomic E-state index is 4.51. The van der Waals surface area contributed by atoms with Gasteiger partial charge in [-0.3, -0.25) is 14.7 Å². The van der Waals surface area contributed by atoms with Gasteiger partial charge in [0.15, 0.2) is 5.96 Å². The van der Waals surface area contributed by atoms with Crippen LogP contribution >= 0.6 is 0 Å². The highest BCUT2D eigenvalue weighted by Gasteiger charge is 2.18. The van der Waals surface area contributed by atoms with E-state index in [0.717, 1.165) is 24.6 Å². The van der Waals surface area contributed by atoms with Crippen molar-refractivity contribution in [3.63, 3.8) is 0 Å². The fraction of sp³-hybridized carbons (Fsp3) is 0.571. The van der Waals surface area contributed by atoms with Crippen LogP contribution in [0.25, 0.3) is 0 Å². The van der Waals surface area contributed by atoms with Crippen LogP contribution < -0.4 is 10.6 Å². The molecule has 0 aliphatic carbocycles. The van der Waals surface area contributed by atoms with Crippen LogP contribution in [0.15, 0.2) is 29.5 Å². The normalized spacial score (nSPS) is 14.3. The minimum Gasteiger partial charge on any atom is -0.356 e. The van der Waals surface area contributed by atoms with Crippen molar-refractivity contribution in [1.29, 1.82) is 0 Å². The Kier molecular flexibility index (Phi) is 7.39. The highest BCUT2D eigenvalue weighted by Crippen LogP contribution is 2.22. The number of nitrogens with zero attached hydrogens (tertiary/aromatic N) is 4. The quantitative estimate of drug-likeness (QED) is 0.581. The summed E-state index contributed by atoms with van der Waals surface area (Å²) in [6.07, 6.45) is 4.69. The molecule has 148 valence electrons. The largest absolute Gasteiger partial charge is 0.356 e. The Labute approximate surface area is 163 Å². The average molecular weight is 371 g/mol. The van der Waals surface area contributed by atoms with E-state index in [0.29, 0.717) is 11.8 Å². The summed E-state index contributed by atoms with van der Waals surface area (Å²) in [5.41, 5.74) is 4.89. The van der Waals surface area contributed by atoms with Crippen molar-refractivity contribution in [3.8, 4) is 0 Å². The number of rotatable bonds is 7. The molecule has 2 heterocycles. The molecule has 0 saturated heterocycles. The molecule has 2 atom stereocenters. The Balaban J connectivity index is 1.96. The monoisotopic (exact) mass is 370 g/mol. The third-order valence-corrected chi connectivity index (χ3v) is 5.18. The van der Waals surface area contributed by atoms with E-state index < -0.39 is 0 Å². The first-order chi connectivity index (χ1) is 12.8. The van der Waals surface area contributed by atoms with Crippen LogP contribution in [0.4, 0.5) is 0 Å². The van der Waals surface area contributed by atoms with E-state index in [4.69, 9.17) is 0 Å². The number of nitrogens with one attached hydrogen (secondary N) is 2. The van der Waals surface area contributed by atoms with Crippen molar-refractivity contribution in [3.05, 3.63) is 47.0 Å². The number of hydrogen-bond acceptors (Lipinski definition) is 3. The van der Waals surface area contributed by atoms with Gasteiger partial charge in [0.1, 0.15) is 0 Å². The Morgan fingerprint density at radius 3 is 2.52 bits per heavy atom. The molecule has 0 aromatic carbocycles. The second-order valence-corrected chi connectivity index (χ2v) is 7.61. The van der Waals surface area contributed by atoms with Crippen LogP contribution in [0.5, 0.6) is 0 Å². The van der Waals surface area contributed by atoms with Gasteiger partial charge in [-0.2, -0.15) is 5.10 Å². The standard InChI is InChI=1S/C21H34N6/c1-14(2)20(18-9-8-10-23-12-18)13-24-21(22-6)25-15(3)11-19-16(4)26-27(7)17(19)5/h8-10,12,14-15,20H,11,13H2,1-7H3,(H2,22,24,25). The predicted octanol–water partition coefficient (Wildman–Crippen LogP) is 2.97. The van der Waals surface area contributed by atoms with E-state index in [1.165, 1.54) is 16.8 Å². The molecule has 6 heteroatoms. The van der Waals surface area contributed by atoms with E-state index >= 15 is 0 Å². The minimum absolute atomic E-state index is 0.258. The molecular formula is C21H34N6. The highest BCUT2D eigenvalue weighted by atomic mass is 15.3. The number of guanidine groups is 1. The molecule has 0 amide bonds. The zero-order valence-corrected chi connectivity index (χ0v) is 17.7. The van der Waals surface area contributed by atoms with Gasteiger partial charge in [-0.15, -0.1) is 0 Å². The van der Waals surface area contributed by atoms with Crippen LogP contribution in [0.2, 0.25) is 0 Å². The Bertz CT molecular complexity index is 748. The summed E-state index contributed by atoms with van der Waals surface area (Å²) in [6, 6.07) is 4.40. The van der Waals surface area contributed by atoms with Gasteiger partial charge in [0.2, 0.25) is 0 Å². The smallest absolute Gasteiger partial charge is 0.191 e. The van der Waals surface area contributed by atoms with Crippen molar-refractivity contribution in [2.45, 2.75) is 53.0 Å². The molecule has 0 aliphatic heterocycles. The zero-order valence-electron chi connectivity index (χ0n) is 17.7. The first kappa shape index (κ1) is 20.9. The van der Waals surface area contributed by atoms with Crippen molar-refractivity contribution >= 4 is 5.96 Å². The molecule has 0 radical (unpaired) electrons. The number of aryl methyl sites for hydroxylation is 2. The molecule has 0 spiro atoms. The summed E-state index contributed by atoms with van der Waals surface area (Å²) in [7, 11) is 3.81. The third kappa shape index (κ3) is 5.55. The SMILES string of the molecule is CN=C(NCC(c1cccnc1)C(C)C)NC(C)Cc1c(C)nn(C)c1C. The fourth-order valence-electron chi connectivity index (χ4n) is 3.44. The first-order valence-electron chi connectivity index (χ1n) is 9.69. The minimum atomic E-state index is 0.258. The van der Waals surface area contributed by atoms with Crippen LogP contribution in [0, 0.1) is 19.8 Å². The van der Waals surface area contributed by atoms with Crippen LogP contribution in [-0.2, 0) is 13.5 Å². The lowest BCUT2D eigenvalue weighted by Gasteiger charge is -2.24. The molecule has 2 rings (SSSR count). The second kappa shape index (κ2) is 9.53. The van der Waals surface area contributed by atoms with Crippen molar-refractivity contribution in [1.82, 2.24) is 25.4 Å². The number of aromatic nitrogens is 3. The molecule has 0 saturated carbocycles. The zero-order chi connectivity index (χ0) is 20.0.